The molecule has 0 aromatic heterocycles. The molecule has 0 unspecified atom stereocenters. The standard InChI is InChI=1S/C25H33NO2/c1-17-22-9-6-10-23(27)25(22,2)16-19(24(17)28)15-18-11-13-21(14-12-18)26-20-7-4-3-5-8-20/h11-15,20,23,26-27H,3-10,16H2,1-2H3/b19-15+/t23-,25-/m0/s1. The average Bonchev–Trinajstić information content (AvgIpc) is 2.70. The third-order valence-electron chi connectivity index (χ3n) is 7.20. The molecule has 3 aliphatic carbocycles. The highest BCUT2D eigenvalue weighted by Gasteiger charge is 2.45. The molecule has 0 saturated heterocycles. The molecule has 1 aromatic rings. The van der Waals surface area contributed by atoms with E-state index in [1.807, 2.05) is 13.0 Å². The van der Waals surface area contributed by atoms with Crippen LogP contribution >= 0.6 is 0 Å². The van der Waals surface area contributed by atoms with E-state index in [-0.39, 0.29) is 17.3 Å². The second-order valence-electron chi connectivity index (χ2n) is 9.21. The molecule has 3 aliphatic rings. The summed E-state index contributed by atoms with van der Waals surface area (Å²) < 4.78 is 0. The Kier molecular flexibility index (Phi) is 5.46. The van der Waals surface area contributed by atoms with Gasteiger partial charge >= 0.3 is 0 Å². The SMILES string of the molecule is CC1=C2CCC[C@H](O)[C@@]2(C)C/C(=C\c2ccc(NC3CCCCC3)cc2)C1=O. The quantitative estimate of drug-likeness (QED) is 0.667. The van der Waals surface area contributed by atoms with Crippen LogP contribution in [0, 0.1) is 5.41 Å². The predicted molar refractivity (Wildman–Crippen MR) is 115 cm³/mol. The fourth-order valence-corrected chi connectivity index (χ4v) is 5.45. The molecule has 2 saturated carbocycles. The first-order valence-electron chi connectivity index (χ1n) is 11.0. The monoisotopic (exact) mass is 379 g/mol. The van der Waals surface area contributed by atoms with Crippen LogP contribution in [-0.2, 0) is 4.79 Å². The Morgan fingerprint density at radius 2 is 1.79 bits per heavy atom. The lowest BCUT2D eigenvalue weighted by atomic mass is 9.61. The van der Waals surface area contributed by atoms with E-state index in [0.717, 1.165) is 41.7 Å². The normalized spacial score (nSPS) is 30.5. The number of aliphatic hydroxyl groups excluding tert-OH is 1. The van der Waals surface area contributed by atoms with Crippen molar-refractivity contribution in [2.45, 2.75) is 83.8 Å². The third kappa shape index (κ3) is 3.69. The zero-order chi connectivity index (χ0) is 19.7. The second kappa shape index (κ2) is 7.87. The van der Waals surface area contributed by atoms with Gasteiger partial charge in [-0.2, -0.15) is 0 Å². The average molecular weight is 380 g/mol. The number of allylic oxidation sites excluding steroid dienone is 2. The maximum absolute atomic E-state index is 12.9. The van der Waals surface area contributed by atoms with Crippen molar-refractivity contribution in [3.05, 3.63) is 46.5 Å². The Morgan fingerprint density at radius 1 is 1.07 bits per heavy atom. The molecule has 0 heterocycles. The van der Waals surface area contributed by atoms with Crippen LogP contribution in [0.5, 0.6) is 0 Å². The number of carbonyl (C=O) groups excluding carboxylic acids is 1. The molecule has 4 rings (SSSR count). The van der Waals surface area contributed by atoms with Gasteiger partial charge in [0.2, 0.25) is 0 Å². The summed E-state index contributed by atoms with van der Waals surface area (Å²) in [5.41, 5.74) is 4.80. The first-order chi connectivity index (χ1) is 13.5. The van der Waals surface area contributed by atoms with Crippen molar-refractivity contribution in [2.24, 2.45) is 5.41 Å². The maximum atomic E-state index is 12.9. The molecule has 2 N–H and O–H groups in total. The van der Waals surface area contributed by atoms with Crippen LogP contribution in [0.1, 0.15) is 77.2 Å². The number of rotatable bonds is 3. The van der Waals surface area contributed by atoms with Crippen molar-refractivity contribution >= 4 is 17.5 Å². The highest BCUT2D eigenvalue weighted by molar-refractivity contribution is 6.12. The third-order valence-corrected chi connectivity index (χ3v) is 7.20. The molecule has 1 aromatic carbocycles. The molecule has 0 aliphatic heterocycles. The molecule has 3 nitrogen and oxygen atoms in total. The fourth-order valence-electron chi connectivity index (χ4n) is 5.45. The van der Waals surface area contributed by atoms with E-state index in [9.17, 15) is 9.90 Å². The Bertz CT molecular complexity index is 798. The number of aliphatic hydroxyl groups is 1. The zero-order valence-corrected chi connectivity index (χ0v) is 17.3. The van der Waals surface area contributed by atoms with E-state index in [4.69, 9.17) is 0 Å². The van der Waals surface area contributed by atoms with Crippen LogP contribution in [-0.4, -0.2) is 23.0 Å². The summed E-state index contributed by atoms with van der Waals surface area (Å²) in [6.07, 6.45) is 11.6. The van der Waals surface area contributed by atoms with Gasteiger partial charge in [0.15, 0.2) is 5.78 Å². The van der Waals surface area contributed by atoms with Crippen molar-refractivity contribution in [3.8, 4) is 0 Å². The summed E-state index contributed by atoms with van der Waals surface area (Å²) in [7, 11) is 0. The number of ketones is 1. The van der Waals surface area contributed by atoms with Gasteiger partial charge in [0, 0.05) is 22.7 Å². The highest BCUT2D eigenvalue weighted by Crippen LogP contribution is 2.50. The number of benzene rings is 1. The molecule has 150 valence electrons. The number of anilines is 1. The number of Topliss-reactive ketones (excluding diaryl/α,β-unsaturated/α-hetero) is 1. The van der Waals surface area contributed by atoms with Gasteiger partial charge in [-0.05, 0) is 74.8 Å². The smallest absolute Gasteiger partial charge is 0.184 e. The van der Waals surface area contributed by atoms with Crippen LogP contribution in [0.25, 0.3) is 6.08 Å². The summed E-state index contributed by atoms with van der Waals surface area (Å²) in [6, 6.07) is 9.04. The molecule has 3 heteroatoms. The first kappa shape index (κ1) is 19.4. The van der Waals surface area contributed by atoms with Gasteiger partial charge in [0.25, 0.3) is 0 Å². The molecule has 0 amide bonds. The van der Waals surface area contributed by atoms with E-state index in [2.05, 4.69) is 36.5 Å². The van der Waals surface area contributed by atoms with Crippen molar-refractivity contribution in [2.75, 3.05) is 5.32 Å². The summed E-state index contributed by atoms with van der Waals surface area (Å²) in [5, 5.41) is 14.3. The second-order valence-corrected chi connectivity index (χ2v) is 9.21. The van der Waals surface area contributed by atoms with Crippen LogP contribution in [0.2, 0.25) is 0 Å². The van der Waals surface area contributed by atoms with Gasteiger partial charge in [-0.25, -0.2) is 0 Å². The van der Waals surface area contributed by atoms with Crippen molar-refractivity contribution in [1.82, 2.24) is 0 Å². The molecule has 0 bridgehead atoms. The topological polar surface area (TPSA) is 49.3 Å². The summed E-state index contributed by atoms with van der Waals surface area (Å²) in [6.45, 7) is 4.07. The molecule has 0 radical (unpaired) electrons. The van der Waals surface area contributed by atoms with E-state index >= 15 is 0 Å². The highest BCUT2D eigenvalue weighted by atomic mass is 16.3. The van der Waals surface area contributed by atoms with E-state index in [0.29, 0.717) is 12.5 Å². The lowest BCUT2D eigenvalue weighted by molar-refractivity contribution is -0.113. The molecule has 2 atom stereocenters. The van der Waals surface area contributed by atoms with Gasteiger partial charge in [-0.3, -0.25) is 4.79 Å². The van der Waals surface area contributed by atoms with Crippen LogP contribution < -0.4 is 5.32 Å². The number of nitrogens with one attached hydrogen (secondary N) is 1. The zero-order valence-electron chi connectivity index (χ0n) is 17.3. The largest absolute Gasteiger partial charge is 0.392 e. The van der Waals surface area contributed by atoms with E-state index in [1.54, 1.807) is 0 Å². The van der Waals surface area contributed by atoms with E-state index < -0.39 is 0 Å². The van der Waals surface area contributed by atoms with Crippen molar-refractivity contribution in [1.29, 1.82) is 0 Å². The minimum Gasteiger partial charge on any atom is -0.392 e. The number of carbonyl (C=O) groups is 1. The van der Waals surface area contributed by atoms with Crippen molar-refractivity contribution < 1.29 is 9.90 Å². The summed E-state index contributed by atoms with van der Waals surface area (Å²) in [4.78, 5) is 12.9. The van der Waals surface area contributed by atoms with Crippen LogP contribution in [0.3, 0.4) is 0 Å². The van der Waals surface area contributed by atoms with E-state index in [1.165, 1.54) is 37.7 Å². The Morgan fingerprint density at radius 3 is 2.50 bits per heavy atom. The van der Waals surface area contributed by atoms with Gasteiger partial charge in [0.05, 0.1) is 6.10 Å². The Hall–Kier alpha value is -1.87. The van der Waals surface area contributed by atoms with Gasteiger partial charge in [0.1, 0.15) is 0 Å². The molecular weight excluding hydrogens is 346 g/mol. The van der Waals surface area contributed by atoms with Gasteiger partial charge < -0.3 is 10.4 Å². The predicted octanol–water partition coefficient (Wildman–Crippen LogP) is 5.66. The van der Waals surface area contributed by atoms with Crippen molar-refractivity contribution in [3.63, 3.8) is 0 Å². The Labute approximate surface area is 168 Å². The number of hydrogen-bond acceptors (Lipinski definition) is 3. The van der Waals surface area contributed by atoms with Crippen LogP contribution in [0.15, 0.2) is 41.0 Å². The number of fused-ring (bicyclic) bond motifs is 1. The lowest BCUT2D eigenvalue weighted by Gasteiger charge is -2.45. The van der Waals surface area contributed by atoms with Gasteiger partial charge in [-0.15, -0.1) is 0 Å². The molecule has 28 heavy (non-hydrogen) atoms. The molecular formula is C25H33NO2. The molecule has 0 spiro atoms. The summed E-state index contributed by atoms with van der Waals surface area (Å²) in [5.74, 6) is 0.158. The first-order valence-corrected chi connectivity index (χ1v) is 11.0. The fraction of sp³-hybridized carbons (Fsp3) is 0.560. The molecule has 2 fully saturated rings. The van der Waals surface area contributed by atoms with Crippen LogP contribution in [0.4, 0.5) is 5.69 Å². The summed E-state index contributed by atoms with van der Waals surface area (Å²) >= 11 is 0. The maximum Gasteiger partial charge on any atom is 0.184 e. The Balaban J connectivity index is 1.53. The minimum atomic E-state index is -0.357. The number of hydrogen-bond donors (Lipinski definition) is 2. The minimum absolute atomic E-state index is 0.158. The van der Waals surface area contributed by atoms with Gasteiger partial charge in [-0.1, -0.05) is 43.9 Å². The lowest BCUT2D eigenvalue weighted by Crippen LogP contribution is -2.42.